The van der Waals surface area contributed by atoms with E-state index in [0.717, 1.165) is 15.7 Å². The fraction of sp³-hybridized carbons (Fsp3) is 0.148. The highest BCUT2D eigenvalue weighted by molar-refractivity contribution is 9.10. The number of benzene rings is 3. The zero-order valence-corrected chi connectivity index (χ0v) is 22.4. The van der Waals surface area contributed by atoms with Crippen LogP contribution in [-0.4, -0.2) is 48.0 Å². The minimum atomic E-state index is -0.306. The van der Waals surface area contributed by atoms with Crippen LogP contribution >= 0.6 is 39.7 Å². The lowest BCUT2D eigenvalue weighted by atomic mass is 10.2. The molecule has 1 aliphatic heterocycles. The van der Waals surface area contributed by atoms with E-state index in [-0.39, 0.29) is 16.9 Å². The van der Waals surface area contributed by atoms with Crippen molar-refractivity contribution in [3.05, 3.63) is 99.5 Å². The second-order valence-corrected chi connectivity index (χ2v) is 9.89. The molecule has 0 aromatic heterocycles. The smallest absolute Gasteiger partial charge is 0.257 e. The van der Waals surface area contributed by atoms with Gasteiger partial charge in [-0.1, -0.05) is 57.9 Å². The average Bonchev–Trinajstić information content (AvgIpc) is 2.88. The average molecular weight is 584 g/mol. The number of anilines is 2. The molecular weight excluding hydrogens is 560 g/mol. The first kappa shape index (κ1) is 25.9. The van der Waals surface area contributed by atoms with Gasteiger partial charge < -0.3 is 15.1 Å². The normalized spacial score (nSPS) is 13.5. The van der Waals surface area contributed by atoms with E-state index in [9.17, 15) is 9.59 Å². The topological polar surface area (TPSA) is 64.7 Å². The third kappa shape index (κ3) is 6.94. The van der Waals surface area contributed by atoms with E-state index in [4.69, 9.17) is 23.8 Å². The summed E-state index contributed by atoms with van der Waals surface area (Å²) < 4.78 is 0.886. The highest BCUT2D eigenvalue weighted by Gasteiger charge is 2.22. The summed E-state index contributed by atoms with van der Waals surface area (Å²) in [6, 6.07) is 22.3. The Hall–Kier alpha value is -3.20. The number of hydrogen-bond donors (Lipinski definition) is 2. The van der Waals surface area contributed by atoms with Crippen LogP contribution in [-0.2, 0) is 4.79 Å². The minimum Gasteiger partial charge on any atom is -0.366 e. The van der Waals surface area contributed by atoms with E-state index in [1.54, 1.807) is 36.4 Å². The van der Waals surface area contributed by atoms with Gasteiger partial charge in [-0.25, -0.2) is 0 Å². The van der Waals surface area contributed by atoms with E-state index >= 15 is 0 Å². The molecule has 0 aliphatic carbocycles. The molecule has 0 radical (unpaired) electrons. The van der Waals surface area contributed by atoms with Gasteiger partial charge in [-0.15, -0.1) is 0 Å². The van der Waals surface area contributed by atoms with E-state index in [2.05, 4.69) is 31.5 Å². The summed E-state index contributed by atoms with van der Waals surface area (Å²) in [5.74, 6) is -0.316. The summed E-state index contributed by atoms with van der Waals surface area (Å²) >= 11 is 15.0. The zero-order chi connectivity index (χ0) is 25.5. The molecule has 2 N–H and O–H groups in total. The van der Waals surface area contributed by atoms with Crippen LogP contribution in [0.3, 0.4) is 0 Å². The van der Waals surface area contributed by atoms with Gasteiger partial charge in [-0.2, -0.15) is 0 Å². The van der Waals surface area contributed by atoms with Gasteiger partial charge in [-0.05, 0) is 66.3 Å². The van der Waals surface area contributed by atoms with Crippen molar-refractivity contribution >= 4 is 74.1 Å². The van der Waals surface area contributed by atoms with Crippen molar-refractivity contribution in [2.24, 2.45) is 0 Å². The van der Waals surface area contributed by atoms with Crippen LogP contribution in [0.4, 0.5) is 11.4 Å². The molecule has 0 spiro atoms. The predicted octanol–water partition coefficient (Wildman–Crippen LogP) is 5.59. The molecule has 36 heavy (non-hydrogen) atoms. The number of piperazine rings is 1. The second kappa shape index (κ2) is 12.2. The molecule has 0 atom stereocenters. The third-order valence-electron chi connectivity index (χ3n) is 5.69. The number of thiocarbonyl (C=S) groups is 1. The molecule has 0 unspecified atom stereocenters. The Morgan fingerprint density at radius 2 is 1.64 bits per heavy atom. The van der Waals surface area contributed by atoms with Crippen LogP contribution in [0.1, 0.15) is 15.9 Å². The predicted molar refractivity (Wildman–Crippen MR) is 154 cm³/mol. The second-order valence-electron chi connectivity index (χ2n) is 8.13. The van der Waals surface area contributed by atoms with Crippen LogP contribution in [0.2, 0.25) is 5.02 Å². The molecule has 9 heteroatoms. The van der Waals surface area contributed by atoms with Gasteiger partial charge in [-0.3, -0.25) is 14.9 Å². The number of hydrogen-bond acceptors (Lipinski definition) is 4. The lowest BCUT2D eigenvalue weighted by Crippen LogP contribution is -2.48. The Labute approximate surface area is 229 Å². The monoisotopic (exact) mass is 582 g/mol. The quantitative estimate of drug-likeness (QED) is 0.303. The minimum absolute atomic E-state index is 0.00945. The molecular formula is C27H24BrClN4O2S. The molecule has 2 amide bonds. The molecule has 4 rings (SSSR count). The molecule has 3 aromatic carbocycles. The molecule has 1 fully saturated rings. The van der Waals surface area contributed by atoms with E-state index in [1.807, 2.05) is 53.4 Å². The standard InChI is InChI=1S/C27H24BrClN4O2S/c28-21-9-7-20(8-10-21)26(35)31-27(36)30-23-18-22(29)11-12-24(23)32-14-16-33(17-15-32)25(34)13-6-19-4-2-1-3-5-19/h1-13,18H,14-17H2,(H2,30,31,35,36)/b13-6+. The van der Waals surface area contributed by atoms with Crippen molar-refractivity contribution in [3.63, 3.8) is 0 Å². The molecule has 0 bridgehead atoms. The number of carbonyl (C=O) groups is 2. The Bertz CT molecular complexity index is 1280. The summed E-state index contributed by atoms with van der Waals surface area (Å²) in [6.45, 7) is 2.48. The number of nitrogens with one attached hydrogen (secondary N) is 2. The Kier molecular flexibility index (Phi) is 8.74. The van der Waals surface area contributed by atoms with Crippen molar-refractivity contribution < 1.29 is 9.59 Å². The molecule has 184 valence electrons. The van der Waals surface area contributed by atoms with Crippen molar-refractivity contribution in [3.8, 4) is 0 Å². The maximum Gasteiger partial charge on any atom is 0.257 e. The van der Waals surface area contributed by atoms with Crippen LogP contribution in [0.25, 0.3) is 6.08 Å². The first-order valence-corrected chi connectivity index (χ1v) is 12.9. The van der Waals surface area contributed by atoms with E-state index < -0.39 is 0 Å². The number of halogens is 2. The van der Waals surface area contributed by atoms with Crippen molar-refractivity contribution in [1.82, 2.24) is 10.2 Å². The van der Waals surface area contributed by atoms with Gasteiger partial charge >= 0.3 is 0 Å². The maximum absolute atomic E-state index is 12.6. The summed E-state index contributed by atoms with van der Waals surface area (Å²) in [5.41, 5.74) is 3.07. The summed E-state index contributed by atoms with van der Waals surface area (Å²) in [4.78, 5) is 29.2. The van der Waals surface area contributed by atoms with Gasteiger partial charge in [0, 0.05) is 47.3 Å². The Morgan fingerprint density at radius 3 is 2.33 bits per heavy atom. The fourth-order valence-corrected chi connectivity index (χ4v) is 4.46. The van der Waals surface area contributed by atoms with Crippen LogP contribution in [0.5, 0.6) is 0 Å². The molecule has 1 saturated heterocycles. The molecule has 6 nitrogen and oxygen atoms in total. The summed E-state index contributed by atoms with van der Waals surface area (Å²) in [5, 5.41) is 6.53. The highest BCUT2D eigenvalue weighted by atomic mass is 79.9. The van der Waals surface area contributed by atoms with Gasteiger partial charge in [0.25, 0.3) is 5.91 Å². The van der Waals surface area contributed by atoms with Gasteiger partial charge in [0.15, 0.2) is 5.11 Å². The highest BCUT2D eigenvalue weighted by Crippen LogP contribution is 2.30. The molecule has 0 saturated carbocycles. The first-order chi connectivity index (χ1) is 17.4. The number of carbonyl (C=O) groups excluding carboxylic acids is 2. The third-order valence-corrected chi connectivity index (χ3v) is 6.66. The maximum atomic E-state index is 12.6. The van der Waals surface area contributed by atoms with Crippen LogP contribution < -0.4 is 15.5 Å². The summed E-state index contributed by atoms with van der Waals surface area (Å²) in [7, 11) is 0. The molecule has 3 aromatic rings. The Balaban J connectivity index is 1.37. The lowest BCUT2D eigenvalue weighted by Gasteiger charge is -2.36. The molecule has 1 aliphatic rings. The van der Waals surface area contributed by atoms with Gasteiger partial charge in [0.1, 0.15) is 0 Å². The number of rotatable bonds is 5. The number of amides is 2. The lowest BCUT2D eigenvalue weighted by molar-refractivity contribution is -0.126. The SMILES string of the molecule is O=C(NC(=S)Nc1cc(Cl)ccc1N1CCN(C(=O)/C=C/c2ccccc2)CC1)c1ccc(Br)cc1. The molecule has 1 heterocycles. The first-order valence-electron chi connectivity index (χ1n) is 11.3. The van der Waals surface area contributed by atoms with Crippen LogP contribution in [0.15, 0.2) is 83.3 Å². The fourth-order valence-electron chi connectivity index (χ4n) is 3.82. The van der Waals surface area contributed by atoms with Crippen LogP contribution in [0, 0.1) is 0 Å². The van der Waals surface area contributed by atoms with Crippen molar-refractivity contribution in [1.29, 1.82) is 0 Å². The van der Waals surface area contributed by atoms with E-state index in [0.29, 0.717) is 42.5 Å². The van der Waals surface area contributed by atoms with Crippen molar-refractivity contribution in [2.75, 3.05) is 36.4 Å². The Morgan fingerprint density at radius 1 is 0.944 bits per heavy atom. The summed E-state index contributed by atoms with van der Waals surface area (Å²) in [6.07, 6.45) is 3.45. The zero-order valence-electron chi connectivity index (χ0n) is 19.3. The van der Waals surface area contributed by atoms with Crippen molar-refractivity contribution in [2.45, 2.75) is 0 Å². The van der Waals surface area contributed by atoms with Gasteiger partial charge in [0.2, 0.25) is 5.91 Å². The largest absolute Gasteiger partial charge is 0.366 e. The van der Waals surface area contributed by atoms with Gasteiger partial charge in [0.05, 0.1) is 11.4 Å². The van der Waals surface area contributed by atoms with E-state index in [1.165, 1.54) is 0 Å². The number of nitrogens with zero attached hydrogens (tertiary/aromatic N) is 2.